The summed E-state index contributed by atoms with van der Waals surface area (Å²) in [6.45, 7) is 0.982. The molecule has 0 bridgehead atoms. The van der Waals surface area contributed by atoms with E-state index in [-0.39, 0.29) is 36.3 Å². The van der Waals surface area contributed by atoms with Gasteiger partial charge >= 0.3 is 6.09 Å². The Morgan fingerprint density at radius 1 is 1.19 bits per heavy atom. The van der Waals surface area contributed by atoms with Crippen molar-refractivity contribution in [3.63, 3.8) is 0 Å². The molecule has 192 valence electrons. The summed E-state index contributed by atoms with van der Waals surface area (Å²) < 4.78 is 18.1. The fourth-order valence-corrected chi connectivity index (χ4v) is 5.27. The van der Waals surface area contributed by atoms with E-state index in [4.69, 9.17) is 14.2 Å². The van der Waals surface area contributed by atoms with Crippen LogP contribution < -0.4 is 30.6 Å². The van der Waals surface area contributed by atoms with Gasteiger partial charge < -0.3 is 29.4 Å². The number of nitrogens with zero attached hydrogens (tertiary/aromatic N) is 4. The lowest BCUT2D eigenvalue weighted by molar-refractivity contribution is -0.118. The van der Waals surface area contributed by atoms with Crippen molar-refractivity contribution in [2.75, 3.05) is 30.5 Å². The van der Waals surface area contributed by atoms with E-state index in [1.165, 1.54) is 6.20 Å². The zero-order valence-corrected chi connectivity index (χ0v) is 20.2. The van der Waals surface area contributed by atoms with Crippen LogP contribution in [-0.4, -0.2) is 65.0 Å². The molecule has 1 saturated heterocycles. The van der Waals surface area contributed by atoms with E-state index in [9.17, 15) is 14.4 Å². The average molecular weight is 507 g/mol. The molecule has 12 nitrogen and oxygen atoms in total. The molecular weight excluding hydrogens is 480 g/mol. The highest BCUT2D eigenvalue weighted by molar-refractivity contribution is 5.95. The highest BCUT2D eigenvalue weighted by Crippen LogP contribution is 2.37. The second-order valence-electron chi connectivity index (χ2n) is 9.28. The van der Waals surface area contributed by atoms with Gasteiger partial charge in [0.2, 0.25) is 0 Å². The highest BCUT2D eigenvalue weighted by atomic mass is 16.6. The Kier molecular flexibility index (Phi) is 5.87. The molecule has 3 atom stereocenters. The van der Waals surface area contributed by atoms with Gasteiger partial charge in [-0.3, -0.25) is 14.5 Å². The maximum absolute atomic E-state index is 12.8. The first kappa shape index (κ1) is 23.2. The normalized spacial score (nSPS) is 22.6. The van der Waals surface area contributed by atoms with Crippen LogP contribution in [-0.2, 0) is 16.1 Å². The van der Waals surface area contributed by atoms with Gasteiger partial charge in [-0.25, -0.2) is 14.8 Å². The van der Waals surface area contributed by atoms with Gasteiger partial charge in [-0.15, -0.1) is 0 Å². The van der Waals surface area contributed by atoms with Crippen LogP contribution >= 0.6 is 0 Å². The van der Waals surface area contributed by atoms with E-state index in [2.05, 4.69) is 20.6 Å². The predicted molar refractivity (Wildman–Crippen MR) is 133 cm³/mol. The molecule has 0 unspecified atom stereocenters. The van der Waals surface area contributed by atoms with Gasteiger partial charge in [-0.05, 0) is 37.1 Å². The van der Waals surface area contributed by atoms with Gasteiger partial charge in [0.25, 0.3) is 11.5 Å². The monoisotopic (exact) mass is 506 g/mol. The molecule has 2 N–H and O–H groups in total. The SMILES string of the molecule is COc1ccc2ncc(=O)n(CCN[C@H]3CC[C@H]4[C@@H](C3)OC(=O)N4c3ccc4c(n3)NC(=O)CO4)c2c1. The topological polar surface area (TPSA) is 137 Å². The van der Waals surface area contributed by atoms with Crippen LogP contribution in [0, 0.1) is 0 Å². The number of amides is 2. The number of aromatic nitrogens is 3. The molecular formula is C25H26N6O6. The Morgan fingerprint density at radius 3 is 2.95 bits per heavy atom. The number of anilines is 2. The first-order chi connectivity index (χ1) is 18.0. The first-order valence-corrected chi connectivity index (χ1v) is 12.2. The molecule has 3 aromatic rings. The second-order valence-corrected chi connectivity index (χ2v) is 9.28. The molecule has 37 heavy (non-hydrogen) atoms. The lowest BCUT2D eigenvalue weighted by atomic mass is 9.88. The van der Waals surface area contributed by atoms with Crippen LogP contribution in [0.1, 0.15) is 19.3 Å². The zero-order valence-electron chi connectivity index (χ0n) is 20.2. The third-order valence-electron chi connectivity index (χ3n) is 7.07. The summed E-state index contributed by atoms with van der Waals surface area (Å²) in [5, 5.41) is 6.19. The standard InChI is InChI=1S/C25H26N6O6/c1-35-15-3-4-16-18(11-15)30(23(33)12-27-16)9-8-26-14-2-5-17-20(10-14)37-25(34)31(17)21-7-6-19-24(28-21)29-22(32)13-36-19/h3-4,6-7,11-12,14,17,20,26H,2,5,8-10,13H2,1H3,(H,28,29,32)/t14-,17-,20+/m0/s1. The minimum absolute atomic E-state index is 0.0565. The molecule has 2 amide bonds. The van der Waals surface area contributed by atoms with Crippen LogP contribution in [0.25, 0.3) is 11.0 Å². The Labute approximate surface area is 211 Å². The number of carbonyl (C=O) groups is 2. The molecule has 2 fully saturated rings. The number of hydrogen-bond acceptors (Lipinski definition) is 9. The summed E-state index contributed by atoms with van der Waals surface area (Å²) >= 11 is 0. The molecule has 12 heteroatoms. The summed E-state index contributed by atoms with van der Waals surface area (Å²) in [5.74, 6) is 1.58. The van der Waals surface area contributed by atoms with Crippen LogP contribution in [0.5, 0.6) is 11.5 Å². The van der Waals surface area contributed by atoms with Crippen molar-refractivity contribution in [2.45, 2.75) is 44.0 Å². The molecule has 2 aromatic heterocycles. The minimum atomic E-state index is -0.449. The number of fused-ring (bicyclic) bond motifs is 3. The molecule has 1 saturated carbocycles. The number of hydrogen-bond donors (Lipinski definition) is 2. The van der Waals surface area contributed by atoms with E-state index in [0.29, 0.717) is 42.6 Å². The minimum Gasteiger partial charge on any atom is -0.497 e. The van der Waals surface area contributed by atoms with Gasteiger partial charge in [-0.1, -0.05) is 0 Å². The highest BCUT2D eigenvalue weighted by Gasteiger charge is 2.46. The number of carbonyl (C=O) groups excluding carboxylic acids is 2. The molecule has 2 aliphatic heterocycles. The van der Waals surface area contributed by atoms with Crippen molar-refractivity contribution in [1.29, 1.82) is 0 Å². The summed E-state index contributed by atoms with van der Waals surface area (Å²) in [4.78, 5) is 47.2. The number of pyridine rings is 1. The first-order valence-electron chi connectivity index (χ1n) is 12.2. The summed E-state index contributed by atoms with van der Waals surface area (Å²) in [5.41, 5.74) is 1.27. The summed E-state index contributed by atoms with van der Waals surface area (Å²) in [7, 11) is 1.59. The molecule has 1 aromatic carbocycles. The van der Waals surface area contributed by atoms with Gasteiger partial charge in [0.1, 0.15) is 17.7 Å². The quantitative estimate of drug-likeness (QED) is 0.511. The van der Waals surface area contributed by atoms with Gasteiger partial charge in [0, 0.05) is 31.6 Å². The van der Waals surface area contributed by atoms with Crippen molar-refractivity contribution < 1.29 is 23.8 Å². The number of benzene rings is 1. The lowest BCUT2D eigenvalue weighted by Gasteiger charge is -2.33. The number of rotatable bonds is 6. The van der Waals surface area contributed by atoms with E-state index >= 15 is 0 Å². The van der Waals surface area contributed by atoms with Gasteiger partial charge in [0.05, 0.1) is 30.4 Å². The van der Waals surface area contributed by atoms with Crippen molar-refractivity contribution in [3.8, 4) is 11.5 Å². The molecule has 0 spiro atoms. The number of ether oxygens (including phenoxy) is 3. The lowest BCUT2D eigenvalue weighted by Crippen LogP contribution is -2.46. The fourth-order valence-electron chi connectivity index (χ4n) is 5.27. The van der Waals surface area contributed by atoms with Gasteiger partial charge in [-0.2, -0.15) is 0 Å². The molecule has 3 aliphatic rings. The average Bonchev–Trinajstić information content (AvgIpc) is 3.24. The Morgan fingerprint density at radius 2 is 2.08 bits per heavy atom. The largest absolute Gasteiger partial charge is 0.497 e. The van der Waals surface area contributed by atoms with E-state index in [1.54, 1.807) is 28.7 Å². The van der Waals surface area contributed by atoms with Gasteiger partial charge in [0.15, 0.2) is 18.2 Å². The van der Waals surface area contributed by atoms with E-state index in [0.717, 1.165) is 23.9 Å². The Hall–Kier alpha value is -4.19. The number of nitrogens with one attached hydrogen (secondary N) is 2. The van der Waals surface area contributed by atoms with Crippen LogP contribution in [0.3, 0.4) is 0 Å². The van der Waals surface area contributed by atoms with Crippen LogP contribution in [0.2, 0.25) is 0 Å². The van der Waals surface area contributed by atoms with Crippen molar-refractivity contribution in [2.24, 2.45) is 0 Å². The van der Waals surface area contributed by atoms with Crippen LogP contribution in [0.4, 0.5) is 16.4 Å². The zero-order chi connectivity index (χ0) is 25.5. The molecule has 1 aliphatic carbocycles. The maximum atomic E-state index is 12.8. The van der Waals surface area contributed by atoms with E-state index < -0.39 is 6.09 Å². The Bertz CT molecular complexity index is 1440. The van der Waals surface area contributed by atoms with Crippen molar-refractivity contribution >= 4 is 34.7 Å². The van der Waals surface area contributed by atoms with Crippen LogP contribution in [0.15, 0.2) is 41.3 Å². The second kappa shape index (κ2) is 9.36. The number of methoxy groups -OCH3 is 1. The summed E-state index contributed by atoms with van der Waals surface area (Å²) in [6, 6.07) is 8.86. The molecule has 6 rings (SSSR count). The van der Waals surface area contributed by atoms with Crippen molar-refractivity contribution in [1.82, 2.24) is 19.9 Å². The van der Waals surface area contributed by atoms with Crippen molar-refractivity contribution in [3.05, 3.63) is 46.9 Å². The fraction of sp³-hybridized carbons (Fsp3) is 0.400. The Balaban J connectivity index is 1.11. The third-order valence-corrected chi connectivity index (χ3v) is 7.07. The predicted octanol–water partition coefficient (Wildman–Crippen LogP) is 1.67. The van der Waals surface area contributed by atoms with E-state index in [1.807, 2.05) is 18.2 Å². The smallest absolute Gasteiger partial charge is 0.416 e. The third kappa shape index (κ3) is 4.33. The maximum Gasteiger partial charge on any atom is 0.416 e. The molecule has 0 radical (unpaired) electrons. The summed E-state index contributed by atoms with van der Waals surface area (Å²) in [6.07, 6.45) is 2.81. The molecule has 4 heterocycles.